The smallest absolute Gasteiger partial charge is 0.335 e. The molecule has 0 saturated heterocycles. The average molecular weight is 516 g/mol. The van der Waals surface area contributed by atoms with Crippen LogP contribution in [0.2, 0.25) is 0 Å². The molecule has 0 fully saturated rings. The number of hydrogen-bond acceptors (Lipinski definition) is 9. The molecule has 0 radical (unpaired) electrons. The summed E-state index contributed by atoms with van der Waals surface area (Å²) in [7, 11) is 5.32. The molecule has 0 aromatic heterocycles. The predicted octanol–water partition coefficient (Wildman–Crippen LogP) is 4.23. The van der Waals surface area contributed by atoms with Crippen LogP contribution in [-0.4, -0.2) is 49.7 Å². The second-order valence-electron chi connectivity index (χ2n) is 6.62. The topological polar surface area (TPSA) is 162 Å². The Balaban J connectivity index is 0.000000280. The van der Waals surface area contributed by atoms with Crippen molar-refractivity contribution in [3.8, 4) is 46.6 Å². The highest BCUT2D eigenvalue weighted by Gasteiger charge is 2.15. The van der Waals surface area contributed by atoms with Gasteiger partial charge in [0.25, 0.3) is 0 Å². The summed E-state index contributed by atoms with van der Waals surface area (Å²) in [5.74, 6) is -3.11. The molecule has 0 spiro atoms. The minimum absolute atomic E-state index is 0.0356. The molecule has 0 bridgehead atoms. The van der Waals surface area contributed by atoms with Crippen molar-refractivity contribution < 1.29 is 47.8 Å². The van der Waals surface area contributed by atoms with Crippen molar-refractivity contribution >= 4 is 5.97 Å². The fraction of sp³-hybridized carbons (Fsp3) is 0.160. The number of carbonyl (C=O) groups is 1. The molecule has 12 heteroatoms. The second-order valence-corrected chi connectivity index (χ2v) is 6.62. The molecule has 3 N–H and O–H groups in total. The number of phenolic OH excluding ortho intramolecular Hbond substituents is 2. The van der Waals surface area contributed by atoms with E-state index in [1.807, 2.05) is 6.07 Å². The number of aromatic hydroxyl groups is 2. The SMILES string of the molecule is COc1cc(C#N)cc(F)c1O.COc1cc(C#N)ccc1O.COc1cc(C(=O)O)cc(F)c1OC. The maximum atomic E-state index is 13.2. The van der Waals surface area contributed by atoms with Crippen molar-refractivity contribution in [1.29, 1.82) is 10.5 Å². The van der Waals surface area contributed by atoms with E-state index >= 15 is 0 Å². The maximum absolute atomic E-state index is 13.2. The van der Waals surface area contributed by atoms with Gasteiger partial charge in [0.2, 0.25) is 0 Å². The molecule has 0 unspecified atom stereocenters. The highest BCUT2D eigenvalue weighted by molar-refractivity contribution is 5.88. The summed E-state index contributed by atoms with van der Waals surface area (Å²) in [5.41, 5.74) is 0.405. The third-order valence-electron chi connectivity index (χ3n) is 4.37. The van der Waals surface area contributed by atoms with Crippen LogP contribution in [0.5, 0.6) is 34.5 Å². The van der Waals surface area contributed by atoms with Gasteiger partial charge in [0, 0.05) is 12.1 Å². The molecule has 0 aliphatic heterocycles. The Morgan fingerprint density at radius 3 is 1.81 bits per heavy atom. The van der Waals surface area contributed by atoms with Crippen LogP contribution in [0.1, 0.15) is 21.5 Å². The molecule has 0 aliphatic rings. The summed E-state index contributed by atoms with van der Waals surface area (Å²) in [6.07, 6.45) is 0. The quantitative estimate of drug-likeness (QED) is 0.447. The van der Waals surface area contributed by atoms with Gasteiger partial charge < -0.3 is 34.3 Å². The largest absolute Gasteiger partial charge is 0.504 e. The van der Waals surface area contributed by atoms with Crippen LogP contribution in [0.4, 0.5) is 8.78 Å². The van der Waals surface area contributed by atoms with Gasteiger partial charge in [0.1, 0.15) is 0 Å². The molecular formula is C25H22F2N2O8. The zero-order chi connectivity index (χ0) is 28.1. The number of phenols is 2. The normalized spacial score (nSPS) is 9.19. The second kappa shape index (κ2) is 14.2. The number of hydrogen-bond donors (Lipinski definition) is 3. The standard InChI is InChI=1S/C9H9FO4.C8H6FNO2.C8H7NO2/c1-13-7-4-5(9(11)12)3-6(10)8(7)14-2;1-12-7-3-5(4-10)2-6(9)8(7)11;1-11-8-4-6(5-9)2-3-7(8)10/h3-4H,1-2H3,(H,11,12);2-3,11H,1H3;2-4,10H,1H3. The lowest BCUT2D eigenvalue weighted by Gasteiger charge is -2.08. The van der Waals surface area contributed by atoms with E-state index in [1.165, 1.54) is 58.8 Å². The number of aromatic carboxylic acids is 1. The Labute approximate surface area is 210 Å². The number of nitriles is 2. The van der Waals surface area contributed by atoms with Gasteiger partial charge in [-0.3, -0.25) is 0 Å². The fourth-order valence-electron chi connectivity index (χ4n) is 2.58. The van der Waals surface area contributed by atoms with E-state index in [0.29, 0.717) is 11.3 Å². The maximum Gasteiger partial charge on any atom is 0.335 e. The summed E-state index contributed by atoms with van der Waals surface area (Å²) in [5, 5.41) is 43.6. The van der Waals surface area contributed by atoms with Crippen LogP contribution in [0, 0.1) is 34.3 Å². The molecule has 3 rings (SSSR count). The highest BCUT2D eigenvalue weighted by atomic mass is 19.1. The highest BCUT2D eigenvalue weighted by Crippen LogP contribution is 2.31. The Kier molecular flexibility index (Phi) is 11.5. The molecule has 0 amide bonds. The van der Waals surface area contributed by atoms with E-state index in [9.17, 15) is 13.6 Å². The van der Waals surface area contributed by atoms with E-state index in [2.05, 4.69) is 4.74 Å². The lowest BCUT2D eigenvalue weighted by Crippen LogP contribution is -2.01. The van der Waals surface area contributed by atoms with Crippen LogP contribution >= 0.6 is 0 Å². The average Bonchev–Trinajstić information content (AvgIpc) is 2.90. The molecule has 0 atom stereocenters. The monoisotopic (exact) mass is 516 g/mol. The molecule has 194 valence electrons. The van der Waals surface area contributed by atoms with Gasteiger partial charge in [-0.2, -0.15) is 10.5 Å². The van der Waals surface area contributed by atoms with E-state index in [-0.39, 0.29) is 34.1 Å². The van der Waals surface area contributed by atoms with E-state index in [0.717, 1.165) is 12.1 Å². The Morgan fingerprint density at radius 2 is 1.32 bits per heavy atom. The Hall–Kier alpha value is -5.23. The lowest BCUT2D eigenvalue weighted by molar-refractivity contribution is 0.0695. The van der Waals surface area contributed by atoms with Gasteiger partial charge in [0.15, 0.2) is 46.1 Å². The molecule has 0 heterocycles. The van der Waals surface area contributed by atoms with Crippen molar-refractivity contribution in [3.05, 3.63) is 70.8 Å². The zero-order valence-electron chi connectivity index (χ0n) is 20.1. The third-order valence-corrected chi connectivity index (χ3v) is 4.37. The third kappa shape index (κ3) is 8.19. The van der Waals surface area contributed by atoms with E-state index in [1.54, 1.807) is 6.07 Å². The number of benzene rings is 3. The summed E-state index contributed by atoms with van der Waals surface area (Å²) >= 11 is 0. The minimum atomic E-state index is -1.22. The molecular weight excluding hydrogens is 494 g/mol. The number of halogens is 2. The van der Waals surface area contributed by atoms with Crippen molar-refractivity contribution in [3.63, 3.8) is 0 Å². The van der Waals surface area contributed by atoms with Crippen LogP contribution in [0.3, 0.4) is 0 Å². The molecule has 37 heavy (non-hydrogen) atoms. The number of methoxy groups -OCH3 is 4. The first-order valence-electron chi connectivity index (χ1n) is 9.95. The summed E-state index contributed by atoms with van der Waals surface area (Å²) in [4.78, 5) is 10.6. The Morgan fingerprint density at radius 1 is 0.757 bits per heavy atom. The summed E-state index contributed by atoms with van der Waals surface area (Å²) in [6.45, 7) is 0. The van der Waals surface area contributed by atoms with Crippen LogP contribution < -0.4 is 18.9 Å². The number of carboxylic acids is 1. The fourth-order valence-corrected chi connectivity index (χ4v) is 2.58. The van der Waals surface area contributed by atoms with Gasteiger partial charge in [0.05, 0.1) is 57.3 Å². The van der Waals surface area contributed by atoms with Crippen LogP contribution in [0.25, 0.3) is 0 Å². The van der Waals surface area contributed by atoms with Crippen molar-refractivity contribution in [2.75, 3.05) is 28.4 Å². The Bertz CT molecular complexity index is 1330. The number of nitrogens with zero attached hydrogens (tertiary/aromatic N) is 2. The first-order chi connectivity index (χ1) is 17.6. The molecule has 0 aliphatic carbocycles. The van der Waals surface area contributed by atoms with Crippen LogP contribution in [0.15, 0.2) is 42.5 Å². The van der Waals surface area contributed by atoms with E-state index in [4.69, 9.17) is 40.1 Å². The predicted molar refractivity (Wildman–Crippen MR) is 125 cm³/mol. The molecule has 10 nitrogen and oxygen atoms in total. The van der Waals surface area contributed by atoms with Crippen molar-refractivity contribution in [2.45, 2.75) is 0 Å². The van der Waals surface area contributed by atoms with Gasteiger partial charge in [-0.05, 0) is 30.3 Å². The number of ether oxygens (including phenoxy) is 4. The van der Waals surface area contributed by atoms with Crippen molar-refractivity contribution in [2.24, 2.45) is 0 Å². The van der Waals surface area contributed by atoms with E-state index < -0.39 is 23.4 Å². The first-order valence-corrected chi connectivity index (χ1v) is 9.95. The summed E-state index contributed by atoms with van der Waals surface area (Å²) < 4.78 is 44.8. The molecule has 3 aromatic rings. The number of rotatable bonds is 5. The first kappa shape index (κ1) is 29.8. The zero-order valence-corrected chi connectivity index (χ0v) is 20.1. The van der Waals surface area contributed by atoms with Crippen molar-refractivity contribution in [1.82, 2.24) is 0 Å². The number of carboxylic acid groups (broad SMARTS) is 1. The van der Waals surface area contributed by atoms with Gasteiger partial charge in [-0.25, -0.2) is 13.6 Å². The summed E-state index contributed by atoms with van der Waals surface area (Å²) in [6, 6.07) is 12.4. The van der Waals surface area contributed by atoms with Crippen LogP contribution in [-0.2, 0) is 0 Å². The van der Waals surface area contributed by atoms with Gasteiger partial charge in [-0.15, -0.1) is 0 Å². The lowest BCUT2D eigenvalue weighted by atomic mass is 10.2. The van der Waals surface area contributed by atoms with Gasteiger partial charge in [-0.1, -0.05) is 0 Å². The molecule has 3 aromatic carbocycles. The molecule has 0 saturated carbocycles. The minimum Gasteiger partial charge on any atom is -0.504 e. The van der Waals surface area contributed by atoms with Gasteiger partial charge >= 0.3 is 5.97 Å².